The molecule has 1 heterocycles. The largest absolute Gasteiger partial charge is 0.455 e. The van der Waals surface area contributed by atoms with Crippen molar-refractivity contribution in [1.82, 2.24) is 0 Å². The van der Waals surface area contributed by atoms with Crippen LogP contribution in [0.3, 0.4) is 0 Å². The molecule has 0 fully saturated rings. The van der Waals surface area contributed by atoms with Crippen LogP contribution >= 0.6 is 0 Å². The van der Waals surface area contributed by atoms with Crippen molar-refractivity contribution in [3.8, 4) is 11.5 Å². The third-order valence-electron chi connectivity index (χ3n) is 3.44. The number of anilines is 1. The van der Waals surface area contributed by atoms with Gasteiger partial charge in [-0.15, -0.1) is 0 Å². The summed E-state index contributed by atoms with van der Waals surface area (Å²) in [5, 5.41) is 2.91. The second-order valence-corrected chi connectivity index (χ2v) is 7.35. The van der Waals surface area contributed by atoms with Gasteiger partial charge in [-0.1, -0.05) is 18.2 Å². The van der Waals surface area contributed by atoms with Crippen LogP contribution in [0.1, 0.15) is 10.6 Å². The number of ether oxygens (including phenoxy) is 1. The summed E-state index contributed by atoms with van der Waals surface area (Å²) in [7, 11) is -3.69. The number of rotatable bonds is 5. The zero-order valence-corrected chi connectivity index (χ0v) is 15.1. The second kappa shape index (κ2) is 7.43. The molecule has 0 radical (unpaired) electrons. The highest BCUT2D eigenvalue weighted by atomic mass is 32.2. The van der Waals surface area contributed by atoms with E-state index < -0.39 is 27.1 Å². The molecule has 0 saturated carbocycles. The first kappa shape index (κ1) is 19.0. The topological polar surface area (TPSA) is 151 Å². The quantitative estimate of drug-likeness (QED) is 0.393. The van der Waals surface area contributed by atoms with Crippen LogP contribution < -0.4 is 14.9 Å². The van der Waals surface area contributed by atoms with Crippen LogP contribution in [-0.2, 0) is 10.0 Å². The van der Waals surface area contributed by atoms with Gasteiger partial charge < -0.3 is 9.15 Å². The van der Waals surface area contributed by atoms with Crippen molar-refractivity contribution in [2.45, 2.75) is 0 Å². The Morgan fingerprint density at radius 3 is 2.57 bits per heavy atom. The number of amides is 1. The molecule has 142 valence electrons. The summed E-state index contributed by atoms with van der Waals surface area (Å²) in [4.78, 5) is 26.4. The molecule has 0 aliphatic heterocycles. The van der Waals surface area contributed by atoms with Gasteiger partial charge >= 0.3 is 0 Å². The number of para-hydroxylation sites is 1. The van der Waals surface area contributed by atoms with Crippen molar-refractivity contribution >= 4 is 32.6 Å². The van der Waals surface area contributed by atoms with Crippen LogP contribution in [0.5, 0.6) is 11.5 Å². The van der Waals surface area contributed by atoms with Gasteiger partial charge in [0.15, 0.2) is 16.9 Å². The van der Waals surface area contributed by atoms with Crippen LogP contribution in [0, 0.1) is 0 Å². The van der Waals surface area contributed by atoms with Crippen molar-refractivity contribution in [1.29, 1.82) is 0 Å². The van der Waals surface area contributed by atoms with Crippen molar-refractivity contribution in [2.24, 2.45) is 5.11 Å². The van der Waals surface area contributed by atoms with Gasteiger partial charge in [0, 0.05) is 17.0 Å². The van der Waals surface area contributed by atoms with Crippen molar-refractivity contribution in [3.05, 3.63) is 75.0 Å². The van der Waals surface area contributed by atoms with Gasteiger partial charge in [0.2, 0.25) is 10.0 Å². The fourth-order valence-corrected chi connectivity index (χ4v) is 2.92. The Morgan fingerprint density at radius 1 is 1.21 bits per heavy atom. The molecule has 11 heteroatoms. The number of benzene rings is 2. The molecular formula is C17H12N4O6S. The zero-order valence-electron chi connectivity index (χ0n) is 14.3. The normalized spacial score (nSPS) is 10.9. The first-order valence-corrected chi connectivity index (χ1v) is 9.58. The summed E-state index contributed by atoms with van der Waals surface area (Å²) in [6, 6.07) is 11.9. The maximum atomic E-state index is 12.4. The van der Waals surface area contributed by atoms with Crippen LogP contribution in [0.15, 0.2) is 62.9 Å². The van der Waals surface area contributed by atoms with Gasteiger partial charge in [-0.05, 0) is 28.8 Å². The Balaban J connectivity index is 2.21. The van der Waals surface area contributed by atoms with Crippen molar-refractivity contribution < 1.29 is 22.4 Å². The zero-order chi connectivity index (χ0) is 20.3. The van der Waals surface area contributed by atoms with E-state index in [2.05, 4.69) is 14.7 Å². The first-order valence-electron chi connectivity index (χ1n) is 7.69. The predicted octanol–water partition coefficient (Wildman–Crippen LogP) is 3.41. The number of hydrogen-bond donors (Lipinski definition) is 1. The number of carbonyl (C=O) groups excluding carboxylic acids is 1. The highest BCUT2D eigenvalue weighted by Gasteiger charge is 2.17. The standard InChI is InChI=1S/C17H12N4O6S/c1-28(24,25)20-12-8-14-11(7-15(12)26-10-5-3-2-4-6-10)13(22)9-16(27-14)17(23)19-21-18/h2-9,20H,1H3. The average molecular weight is 400 g/mol. The van der Waals surface area contributed by atoms with Gasteiger partial charge in [-0.25, -0.2) is 8.42 Å². The molecule has 1 aromatic heterocycles. The summed E-state index contributed by atoms with van der Waals surface area (Å²) >= 11 is 0. The maximum absolute atomic E-state index is 12.4. The molecule has 10 nitrogen and oxygen atoms in total. The molecule has 3 rings (SSSR count). The van der Waals surface area contributed by atoms with Gasteiger partial charge in [0.05, 0.1) is 17.3 Å². The summed E-state index contributed by atoms with van der Waals surface area (Å²) in [6.45, 7) is 0. The smallest absolute Gasteiger partial charge is 0.284 e. The number of azide groups is 1. The minimum Gasteiger partial charge on any atom is -0.455 e. The molecule has 0 aliphatic carbocycles. The fourth-order valence-electron chi connectivity index (χ4n) is 2.36. The lowest BCUT2D eigenvalue weighted by atomic mass is 10.2. The van der Waals surface area contributed by atoms with E-state index >= 15 is 0 Å². The van der Waals surface area contributed by atoms with E-state index in [9.17, 15) is 18.0 Å². The lowest BCUT2D eigenvalue weighted by Gasteiger charge is -2.13. The summed E-state index contributed by atoms with van der Waals surface area (Å²) in [6.07, 6.45) is 0.946. The SMILES string of the molecule is CS(=O)(=O)Nc1cc2oc(C(=O)N=[N+]=[N-])cc(=O)c2cc1Oc1ccccc1. The maximum Gasteiger partial charge on any atom is 0.284 e. The Bertz CT molecular complexity index is 1280. The number of fused-ring (bicyclic) bond motifs is 1. The summed E-state index contributed by atoms with van der Waals surface area (Å²) in [5.74, 6) is -1.08. The minimum atomic E-state index is -3.69. The molecule has 0 spiro atoms. The number of carbonyl (C=O) groups is 1. The number of sulfonamides is 1. The summed E-state index contributed by atoms with van der Waals surface area (Å²) in [5.41, 5.74) is 7.67. The second-order valence-electron chi connectivity index (χ2n) is 5.60. The van der Waals surface area contributed by atoms with Gasteiger partial charge in [-0.3, -0.25) is 14.3 Å². The van der Waals surface area contributed by atoms with E-state index in [-0.39, 0.29) is 22.4 Å². The van der Waals surface area contributed by atoms with E-state index in [1.165, 1.54) is 12.1 Å². The monoisotopic (exact) mass is 400 g/mol. The molecule has 28 heavy (non-hydrogen) atoms. The molecule has 0 unspecified atom stereocenters. The lowest BCUT2D eigenvalue weighted by Crippen LogP contribution is -2.11. The molecule has 1 amide bonds. The fraction of sp³-hybridized carbons (Fsp3) is 0.0588. The Kier molecular flexibility index (Phi) is 5.03. The Labute approximate surface area is 158 Å². The van der Waals surface area contributed by atoms with E-state index in [0.717, 1.165) is 12.3 Å². The predicted molar refractivity (Wildman–Crippen MR) is 101 cm³/mol. The highest BCUT2D eigenvalue weighted by Crippen LogP contribution is 2.34. The first-order chi connectivity index (χ1) is 13.3. The van der Waals surface area contributed by atoms with E-state index in [1.807, 2.05) is 0 Å². The molecule has 0 atom stereocenters. The molecule has 1 N–H and O–H groups in total. The Morgan fingerprint density at radius 2 is 1.93 bits per heavy atom. The summed E-state index contributed by atoms with van der Waals surface area (Å²) < 4.78 is 36.7. The minimum absolute atomic E-state index is 0.00427. The Hall–Kier alpha value is -3.82. The third kappa shape index (κ3) is 4.29. The molecule has 3 aromatic rings. The number of nitrogens with one attached hydrogen (secondary N) is 1. The van der Waals surface area contributed by atoms with Crippen LogP contribution in [0.25, 0.3) is 21.4 Å². The molecule has 0 bridgehead atoms. The van der Waals surface area contributed by atoms with Crippen LogP contribution in [0.2, 0.25) is 0 Å². The van der Waals surface area contributed by atoms with Crippen LogP contribution in [-0.4, -0.2) is 20.6 Å². The van der Waals surface area contributed by atoms with Gasteiger partial charge in [0.25, 0.3) is 5.91 Å². The highest BCUT2D eigenvalue weighted by molar-refractivity contribution is 7.92. The lowest BCUT2D eigenvalue weighted by molar-refractivity contribution is 0.0974. The molecule has 2 aromatic carbocycles. The molecule has 0 aliphatic rings. The average Bonchev–Trinajstić information content (AvgIpc) is 2.62. The number of nitrogens with zero attached hydrogens (tertiary/aromatic N) is 3. The molecular weight excluding hydrogens is 388 g/mol. The van der Waals surface area contributed by atoms with Crippen molar-refractivity contribution in [2.75, 3.05) is 11.0 Å². The van der Waals surface area contributed by atoms with Gasteiger partial charge in [0.1, 0.15) is 11.3 Å². The third-order valence-corrected chi connectivity index (χ3v) is 4.03. The van der Waals surface area contributed by atoms with Crippen LogP contribution in [0.4, 0.5) is 5.69 Å². The van der Waals surface area contributed by atoms with E-state index in [4.69, 9.17) is 14.7 Å². The van der Waals surface area contributed by atoms with Crippen molar-refractivity contribution in [3.63, 3.8) is 0 Å². The van der Waals surface area contributed by atoms with Gasteiger partial charge in [-0.2, -0.15) is 0 Å². The van der Waals surface area contributed by atoms with E-state index in [0.29, 0.717) is 5.75 Å². The molecule has 0 saturated heterocycles. The van der Waals surface area contributed by atoms with E-state index in [1.54, 1.807) is 30.3 Å². The number of hydrogen-bond acceptors (Lipinski definition) is 6.